The fraction of sp³-hybridized carbons (Fsp3) is 0.923. The minimum absolute atomic E-state index is 0.353. The van der Waals surface area contributed by atoms with Gasteiger partial charge < -0.3 is 15.3 Å². The molecule has 1 saturated heterocycles. The van der Waals surface area contributed by atoms with Crippen LogP contribution < -0.4 is 5.32 Å². The Hall–Kier alpha value is -0.610. The zero-order valence-electron chi connectivity index (χ0n) is 11.3. The summed E-state index contributed by atoms with van der Waals surface area (Å²) in [5.41, 5.74) is -0.684. The van der Waals surface area contributed by atoms with Gasteiger partial charge in [-0.25, -0.2) is 0 Å². The lowest BCUT2D eigenvalue weighted by Crippen LogP contribution is -2.45. The van der Waals surface area contributed by atoms with Gasteiger partial charge in [0.25, 0.3) is 0 Å². The minimum Gasteiger partial charge on any atom is -0.481 e. The summed E-state index contributed by atoms with van der Waals surface area (Å²) in [5, 5.41) is 12.4. The van der Waals surface area contributed by atoms with Crippen LogP contribution in [0.4, 0.5) is 0 Å². The summed E-state index contributed by atoms with van der Waals surface area (Å²) < 4.78 is 0. The van der Waals surface area contributed by atoms with Crippen molar-refractivity contribution in [1.82, 2.24) is 10.2 Å². The molecule has 0 saturated carbocycles. The molecule has 0 bridgehead atoms. The highest BCUT2D eigenvalue weighted by molar-refractivity contribution is 5.73. The van der Waals surface area contributed by atoms with Gasteiger partial charge in [0.05, 0.1) is 5.41 Å². The van der Waals surface area contributed by atoms with Crippen molar-refractivity contribution in [3.63, 3.8) is 0 Å². The number of likely N-dealkylation sites (tertiary alicyclic amines) is 1. The Balaban J connectivity index is 2.24. The molecule has 1 atom stereocenters. The van der Waals surface area contributed by atoms with Crippen molar-refractivity contribution >= 4 is 5.97 Å². The van der Waals surface area contributed by atoms with Gasteiger partial charge in [-0.1, -0.05) is 6.42 Å². The van der Waals surface area contributed by atoms with Crippen LogP contribution in [0.1, 0.15) is 40.0 Å². The maximum atomic E-state index is 11.0. The van der Waals surface area contributed by atoms with Gasteiger partial charge in [0.15, 0.2) is 0 Å². The average molecular weight is 242 g/mol. The third kappa shape index (κ3) is 5.04. The quantitative estimate of drug-likeness (QED) is 0.742. The molecule has 1 aliphatic heterocycles. The monoisotopic (exact) mass is 242 g/mol. The summed E-state index contributed by atoms with van der Waals surface area (Å²) in [4.78, 5) is 13.4. The smallest absolute Gasteiger partial charge is 0.310 e. The van der Waals surface area contributed by atoms with Gasteiger partial charge in [-0.2, -0.15) is 0 Å². The van der Waals surface area contributed by atoms with Gasteiger partial charge in [-0.3, -0.25) is 4.79 Å². The van der Waals surface area contributed by atoms with E-state index in [1.165, 1.54) is 32.4 Å². The van der Waals surface area contributed by atoms with E-state index >= 15 is 0 Å². The van der Waals surface area contributed by atoms with Gasteiger partial charge in [0.1, 0.15) is 0 Å². The minimum atomic E-state index is -0.741. The second-order valence-corrected chi connectivity index (χ2v) is 5.83. The highest BCUT2D eigenvalue weighted by Gasteiger charge is 2.27. The zero-order valence-corrected chi connectivity index (χ0v) is 11.3. The van der Waals surface area contributed by atoms with Crippen LogP contribution in [0.25, 0.3) is 0 Å². The molecule has 1 fully saturated rings. The molecule has 0 aliphatic carbocycles. The number of aliphatic carboxylic acids is 1. The zero-order chi connectivity index (χ0) is 12.9. The molecule has 0 aromatic heterocycles. The molecule has 4 nitrogen and oxygen atoms in total. The first-order valence-corrected chi connectivity index (χ1v) is 6.61. The number of nitrogens with one attached hydrogen (secondary N) is 1. The van der Waals surface area contributed by atoms with E-state index in [2.05, 4.69) is 17.1 Å². The van der Waals surface area contributed by atoms with Crippen LogP contribution in [0, 0.1) is 5.41 Å². The molecule has 2 N–H and O–H groups in total. The van der Waals surface area contributed by atoms with Crippen LogP contribution in [0.15, 0.2) is 0 Å². The third-order valence-electron chi connectivity index (χ3n) is 3.45. The van der Waals surface area contributed by atoms with Gasteiger partial charge in [-0.15, -0.1) is 0 Å². The van der Waals surface area contributed by atoms with Crippen LogP contribution in [-0.4, -0.2) is 48.2 Å². The molecule has 100 valence electrons. The van der Waals surface area contributed by atoms with Crippen molar-refractivity contribution in [2.24, 2.45) is 5.41 Å². The van der Waals surface area contributed by atoms with E-state index in [1.807, 2.05) is 0 Å². The predicted molar refractivity (Wildman–Crippen MR) is 69.2 cm³/mol. The van der Waals surface area contributed by atoms with Gasteiger partial charge in [0, 0.05) is 19.1 Å². The normalized spacial score (nSPS) is 20.2. The lowest BCUT2D eigenvalue weighted by Gasteiger charge is -2.30. The molecule has 1 aliphatic rings. The van der Waals surface area contributed by atoms with Crippen LogP contribution in [0.5, 0.6) is 0 Å². The first-order chi connectivity index (χ1) is 7.92. The van der Waals surface area contributed by atoms with E-state index in [0.717, 1.165) is 6.54 Å². The molecule has 0 radical (unpaired) electrons. The van der Waals surface area contributed by atoms with Crippen molar-refractivity contribution in [2.45, 2.75) is 46.1 Å². The maximum Gasteiger partial charge on any atom is 0.310 e. The highest BCUT2D eigenvalue weighted by atomic mass is 16.4. The number of nitrogens with zero attached hydrogens (tertiary/aromatic N) is 1. The van der Waals surface area contributed by atoms with Gasteiger partial charge in [0.2, 0.25) is 0 Å². The number of carbonyl (C=O) groups is 1. The molecule has 4 heteroatoms. The van der Waals surface area contributed by atoms with E-state index in [4.69, 9.17) is 5.11 Å². The van der Waals surface area contributed by atoms with E-state index in [9.17, 15) is 4.79 Å². The Morgan fingerprint density at radius 2 is 1.94 bits per heavy atom. The molecular formula is C13H26N2O2. The summed E-state index contributed by atoms with van der Waals surface area (Å²) in [6, 6.07) is 0.353. The van der Waals surface area contributed by atoms with Crippen LogP contribution in [0.3, 0.4) is 0 Å². The van der Waals surface area contributed by atoms with Crippen molar-refractivity contribution in [3.05, 3.63) is 0 Å². The molecule has 1 heterocycles. The Kier molecular flexibility index (Phi) is 5.40. The highest BCUT2D eigenvalue weighted by Crippen LogP contribution is 2.14. The molecular weight excluding hydrogens is 216 g/mol. The average Bonchev–Trinajstić information content (AvgIpc) is 2.28. The second-order valence-electron chi connectivity index (χ2n) is 5.83. The Labute approximate surface area is 104 Å². The fourth-order valence-electron chi connectivity index (χ4n) is 2.10. The van der Waals surface area contributed by atoms with Gasteiger partial charge >= 0.3 is 5.97 Å². The predicted octanol–water partition coefficient (Wildman–Crippen LogP) is 1.56. The molecule has 1 rings (SSSR count). The number of hydrogen-bond donors (Lipinski definition) is 2. The molecule has 1 unspecified atom stereocenters. The first-order valence-electron chi connectivity index (χ1n) is 6.61. The van der Waals surface area contributed by atoms with Crippen LogP contribution in [-0.2, 0) is 4.79 Å². The SMILES string of the molecule is CC(CN1CCCCC1)NCC(C)(C)C(=O)O. The maximum absolute atomic E-state index is 11.0. The third-order valence-corrected chi connectivity index (χ3v) is 3.45. The Bertz CT molecular complexity index is 248. The lowest BCUT2D eigenvalue weighted by molar-refractivity contribution is -0.146. The van der Waals surface area contributed by atoms with E-state index in [0.29, 0.717) is 12.6 Å². The number of carboxylic acid groups (broad SMARTS) is 1. The van der Waals surface area contributed by atoms with E-state index < -0.39 is 11.4 Å². The standard InChI is InChI=1S/C13H26N2O2/c1-11(9-15-7-5-4-6-8-15)14-10-13(2,3)12(16)17/h11,14H,4-10H2,1-3H3,(H,16,17). The van der Waals surface area contributed by atoms with Gasteiger partial charge in [-0.05, 0) is 46.7 Å². The molecule has 17 heavy (non-hydrogen) atoms. The van der Waals surface area contributed by atoms with Crippen molar-refractivity contribution in [1.29, 1.82) is 0 Å². The van der Waals surface area contributed by atoms with E-state index in [-0.39, 0.29) is 0 Å². The van der Waals surface area contributed by atoms with Crippen LogP contribution >= 0.6 is 0 Å². The summed E-state index contributed by atoms with van der Waals surface area (Å²) in [6.45, 7) is 9.58. The Morgan fingerprint density at radius 1 is 1.35 bits per heavy atom. The molecule has 0 spiro atoms. The first kappa shape index (κ1) is 14.5. The molecule has 0 aromatic carbocycles. The largest absolute Gasteiger partial charge is 0.481 e. The second kappa shape index (κ2) is 6.36. The topological polar surface area (TPSA) is 52.6 Å². The number of carboxylic acids is 1. The van der Waals surface area contributed by atoms with E-state index in [1.54, 1.807) is 13.8 Å². The summed E-state index contributed by atoms with van der Waals surface area (Å²) >= 11 is 0. The van der Waals surface area contributed by atoms with Crippen LogP contribution in [0.2, 0.25) is 0 Å². The number of rotatable bonds is 6. The number of piperidine rings is 1. The summed E-state index contributed by atoms with van der Waals surface area (Å²) in [5.74, 6) is -0.741. The summed E-state index contributed by atoms with van der Waals surface area (Å²) in [6.07, 6.45) is 3.95. The molecule has 0 aromatic rings. The molecule has 0 amide bonds. The van der Waals surface area contributed by atoms with Crippen molar-refractivity contribution in [3.8, 4) is 0 Å². The fourth-order valence-corrected chi connectivity index (χ4v) is 2.10. The van der Waals surface area contributed by atoms with Crippen molar-refractivity contribution in [2.75, 3.05) is 26.2 Å². The number of hydrogen-bond acceptors (Lipinski definition) is 3. The van der Waals surface area contributed by atoms with Crippen molar-refractivity contribution < 1.29 is 9.90 Å². The lowest BCUT2D eigenvalue weighted by atomic mass is 9.93. The summed E-state index contributed by atoms with van der Waals surface area (Å²) in [7, 11) is 0. The Morgan fingerprint density at radius 3 is 2.47 bits per heavy atom.